The van der Waals surface area contributed by atoms with Crippen molar-refractivity contribution in [3.05, 3.63) is 56.4 Å². The topological polar surface area (TPSA) is 89.4 Å². The second-order valence-electron chi connectivity index (χ2n) is 6.51. The third-order valence-electron chi connectivity index (χ3n) is 4.75. The van der Waals surface area contributed by atoms with Crippen LogP contribution in [-0.2, 0) is 19.4 Å². The van der Waals surface area contributed by atoms with E-state index < -0.39 is 0 Å². The van der Waals surface area contributed by atoms with Crippen LogP contribution in [0.25, 0.3) is 21.6 Å². The number of thiophene rings is 1. The van der Waals surface area contributed by atoms with Gasteiger partial charge in [0.1, 0.15) is 17.2 Å². The maximum absolute atomic E-state index is 12.5. The van der Waals surface area contributed by atoms with E-state index in [-0.39, 0.29) is 12.1 Å². The van der Waals surface area contributed by atoms with Crippen molar-refractivity contribution < 1.29 is 0 Å². The third kappa shape index (κ3) is 2.45. The number of hydrogen-bond acceptors (Lipinski definition) is 6. The fourth-order valence-corrected chi connectivity index (χ4v) is 4.78. The first-order valence-corrected chi connectivity index (χ1v) is 9.38. The maximum atomic E-state index is 12.5. The van der Waals surface area contributed by atoms with Gasteiger partial charge in [-0.2, -0.15) is 4.80 Å². The smallest absolute Gasteiger partial charge is 0.259 e. The van der Waals surface area contributed by atoms with Crippen LogP contribution in [0, 0.1) is 6.92 Å². The maximum Gasteiger partial charge on any atom is 0.259 e. The van der Waals surface area contributed by atoms with Gasteiger partial charge in [0.2, 0.25) is 5.82 Å². The fourth-order valence-electron chi connectivity index (χ4n) is 3.50. The monoisotopic (exact) mass is 364 g/mol. The molecule has 0 fully saturated rings. The molecule has 4 aromatic rings. The van der Waals surface area contributed by atoms with Crippen LogP contribution in [-0.4, -0.2) is 30.2 Å². The van der Waals surface area contributed by atoms with Crippen molar-refractivity contribution in [2.75, 3.05) is 0 Å². The van der Waals surface area contributed by atoms with E-state index in [9.17, 15) is 4.79 Å². The number of aromatic nitrogens is 6. The molecule has 1 aliphatic rings. The Kier molecular flexibility index (Phi) is 3.46. The number of nitrogens with one attached hydrogen (secondary N) is 1. The number of aromatic amines is 1. The Hall–Kier alpha value is -2.87. The quantitative estimate of drug-likeness (QED) is 0.603. The van der Waals surface area contributed by atoms with E-state index in [0.717, 1.165) is 40.6 Å². The summed E-state index contributed by atoms with van der Waals surface area (Å²) in [6, 6.07) is 7.91. The first kappa shape index (κ1) is 15.4. The number of tetrazole rings is 1. The molecule has 0 atom stereocenters. The summed E-state index contributed by atoms with van der Waals surface area (Å²) < 4.78 is 0. The lowest BCUT2D eigenvalue weighted by Crippen LogP contribution is -2.15. The summed E-state index contributed by atoms with van der Waals surface area (Å²) in [7, 11) is 0. The number of hydrogen-bond donors (Lipinski definition) is 1. The van der Waals surface area contributed by atoms with Crippen LogP contribution in [0.4, 0.5) is 0 Å². The lowest BCUT2D eigenvalue weighted by Gasteiger charge is -2.01. The number of fused-ring (bicyclic) bond motifs is 3. The van der Waals surface area contributed by atoms with Gasteiger partial charge in [-0.15, -0.1) is 21.5 Å². The minimum Gasteiger partial charge on any atom is -0.308 e. The molecule has 130 valence electrons. The Bertz CT molecular complexity index is 1190. The van der Waals surface area contributed by atoms with Crippen LogP contribution in [0.3, 0.4) is 0 Å². The molecular formula is C18H16N6OS. The average Bonchev–Trinajstić information content (AvgIpc) is 3.31. The lowest BCUT2D eigenvalue weighted by atomic mass is 10.1. The van der Waals surface area contributed by atoms with Crippen molar-refractivity contribution in [1.82, 2.24) is 30.2 Å². The molecule has 26 heavy (non-hydrogen) atoms. The highest BCUT2D eigenvalue weighted by atomic mass is 32.1. The van der Waals surface area contributed by atoms with Crippen LogP contribution in [0.2, 0.25) is 0 Å². The SMILES string of the molecule is Cc1ccccc1-c1nnn(Cc2nc3sc4c(c3c(=O)[nH]2)CCC4)n1. The van der Waals surface area contributed by atoms with Crippen LogP contribution in [0.1, 0.15) is 28.2 Å². The van der Waals surface area contributed by atoms with Gasteiger partial charge in [0.05, 0.1) is 5.39 Å². The molecule has 0 spiro atoms. The van der Waals surface area contributed by atoms with Gasteiger partial charge in [-0.3, -0.25) is 4.79 Å². The zero-order valence-electron chi connectivity index (χ0n) is 14.2. The summed E-state index contributed by atoms with van der Waals surface area (Å²) in [4.78, 5) is 23.6. The fraction of sp³-hybridized carbons (Fsp3) is 0.278. The molecule has 0 radical (unpaired) electrons. The number of rotatable bonds is 3. The predicted octanol–water partition coefficient (Wildman–Crippen LogP) is 2.48. The Balaban J connectivity index is 1.49. The molecule has 1 aromatic carbocycles. The van der Waals surface area contributed by atoms with Gasteiger partial charge in [0, 0.05) is 10.4 Å². The molecule has 1 aliphatic carbocycles. The van der Waals surface area contributed by atoms with E-state index in [1.807, 2.05) is 31.2 Å². The molecule has 1 N–H and O–H groups in total. The van der Waals surface area contributed by atoms with E-state index in [1.165, 1.54) is 15.2 Å². The number of H-pyrrole nitrogens is 1. The molecule has 0 bridgehead atoms. The van der Waals surface area contributed by atoms with Crippen LogP contribution in [0.15, 0.2) is 29.1 Å². The Morgan fingerprint density at radius 1 is 1.27 bits per heavy atom. The number of nitrogens with zero attached hydrogens (tertiary/aromatic N) is 5. The van der Waals surface area contributed by atoms with Gasteiger partial charge in [-0.1, -0.05) is 24.3 Å². The summed E-state index contributed by atoms with van der Waals surface area (Å²) in [6.07, 6.45) is 3.16. The molecule has 3 aromatic heterocycles. The molecule has 0 aliphatic heterocycles. The van der Waals surface area contributed by atoms with Crippen molar-refractivity contribution in [3.63, 3.8) is 0 Å². The van der Waals surface area contributed by atoms with Crippen molar-refractivity contribution >= 4 is 21.6 Å². The largest absolute Gasteiger partial charge is 0.308 e. The molecule has 3 heterocycles. The van der Waals surface area contributed by atoms with Crippen molar-refractivity contribution in [2.24, 2.45) is 0 Å². The van der Waals surface area contributed by atoms with Crippen LogP contribution >= 0.6 is 11.3 Å². The van der Waals surface area contributed by atoms with Gasteiger partial charge in [0.15, 0.2) is 0 Å². The molecule has 7 nitrogen and oxygen atoms in total. The molecule has 0 saturated heterocycles. The minimum atomic E-state index is -0.0661. The van der Waals surface area contributed by atoms with Crippen molar-refractivity contribution in [1.29, 1.82) is 0 Å². The summed E-state index contributed by atoms with van der Waals surface area (Å²) in [6.45, 7) is 2.30. The van der Waals surface area contributed by atoms with Gasteiger partial charge >= 0.3 is 0 Å². The Morgan fingerprint density at radius 3 is 3.04 bits per heavy atom. The highest BCUT2D eigenvalue weighted by molar-refractivity contribution is 7.18. The highest BCUT2D eigenvalue weighted by Crippen LogP contribution is 2.34. The number of aryl methyl sites for hydroxylation is 3. The van der Waals surface area contributed by atoms with E-state index in [4.69, 9.17) is 0 Å². The number of benzene rings is 1. The molecular weight excluding hydrogens is 348 g/mol. The molecule has 0 amide bonds. The van der Waals surface area contributed by atoms with E-state index in [0.29, 0.717) is 11.6 Å². The van der Waals surface area contributed by atoms with Crippen LogP contribution < -0.4 is 5.56 Å². The van der Waals surface area contributed by atoms with Gasteiger partial charge in [0.25, 0.3) is 5.56 Å². The van der Waals surface area contributed by atoms with Crippen molar-refractivity contribution in [2.45, 2.75) is 32.7 Å². The molecule has 0 unspecified atom stereocenters. The summed E-state index contributed by atoms with van der Waals surface area (Å²) >= 11 is 1.63. The van der Waals surface area contributed by atoms with E-state index in [2.05, 4.69) is 25.4 Å². The summed E-state index contributed by atoms with van der Waals surface area (Å²) in [5, 5.41) is 13.4. The molecule has 8 heteroatoms. The minimum absolute atomic E-state index is 0.0661. The Morgan fingerprint density at radius 2 is 2.15 bits per heavy atom. The summed E-state index contributed by atoms with van der Waals surface area (Å²) in [5.74, 6) is 1.12. The normalized spacial score (nSPS) is 13.4. The average molecular weight is 364 g/mol. The highest BCUT2D eigenvalue weighted by Gasteiger charge is 2.21. The standard InChI is InChI=1S/C18H16N6OS/c1-10-5-2-3-6-11(10)16-21-23-24(22-16)9-14-19-17(25)15-12-7-4-8-13(12)26-18(15)20-14/h2-3,5-6H,4,7-9H2,1H3,(H,19,20,25). The first-order valence-electron chi connectivity index (χ1n) is 8.56. The van der Waals surface area contributed by atoms with Gasteiger partial charge < -0.3 is 4.98 Å². The zero-order chi connectivity index (χ0) is 17.7. The van der Waals surface area contributed by atoms with E-state index >= 15 is 0 Å². The van der Waals surface area contributed by atoms with Gasteiger partial charge in [-0.25, -0.2) is 4.98 Å². The van der Waals surface area contributed by atoms with Gasteiger partial charge in [-0.05, 0) is 42.5 Å². The third-order valence-corrected chi connectivity index (χ3v) is 5.94. The van der Waals surface area contributed by atoms with Crippen molar-refractivity contribution in [3.8, 4) is 11.4 Å². The van der Waals surface area contributed by atoms with E-state index in [1.54, 1.807) is 11.3 Å². The molecule has 0 saturated carbocycles. The van der Waals surface area contributed by atoms with Crippen LogP contribution in [0.5, 0.6) is 0 Å². The molecule has 5 rings (SSSR count). The Labute approximate surface area is 152 Å². The second-order valence-corrected chi connectivity index (χ2v) is 7.59. The lowest BCUT2D eigenvalue weighted by molar-refractivity contribution is 0.555. The predicted molar refractivity (Wildman–Crippen MR) is 99.4 cm³/mol. The zero-order valence-corrected chi connectivity index (χ0v) is 15.0. The second kappa shape index (κ2) is 5.84. The first-order chi connectivity index (χ1) is 12.7. The summed E-state index contributed by atoms with van der Waals surface area (Å²) in [5.41, 5.74) is 3.16.